The Hall–Kier alpha value is -1.47. The zero-order valence-corrected chi connectivity index (χ0v) is 16.4. The fourth-order valence-corrected chi connectivity index (χ4v) is 4.42. The van der Waals surface area contributed by atoms with Crippen LogP contribution in [0.5, 0.6) is 0 Å². The van der Waals surface area contributed by atoms with Crippen LogP contribution in [0.4, 0.5) is 0 Å². The van der Waals surface area contributed by atoms with E-state index in [0.29, 0.717) is 11.7 Å². The van der Waals surface area contributed by atoms with Crippen LogP contribution >= 0.6 is 23.5 Å². The summed E-state index contributed by atoms with van der Waals surface area (Å²) in [5.41, 5.74) is 0. The number of benzene rings is 1. The van der Waals surface area contributed by atoms with Gasteiger partial charge in [-0.25, -0.2) is 0 Å². The first-order valence-corrected chi connectivity index (χ1v) is 10.8. The molecule has 0 N–H and O–H groups in total. The summed E-state index contributed by atoms with van der Waals surface area (Å²) in [5.74, 6) is 2.41. The molecule has 1 aromatic heterocycles. The molecule has 3 rings (SSSR count). The van der Waals surface area contributed by atoms with Crippen LogP contribution in [0.3, 0.4) is 0 Å². The van der Waals surface area contributed by atoms with Gasteiger partial charge in [-0.2, -0.15) is 0 Å². The molecule has 0 aliphatic carbocycles. The highest BCUT2D eigenvalue weighted by molar-refractivity contribution is 8.00. The summed E-state index contributed by atoms with van der Waals surface area (Å²) < 4.78 is 2.08. The van der Waals surface area contributed by atoms with Gasteiger partial charge in [0.15, 0.2) is 5.16 Å². The molecule has 1 fully saturated rings. The highest BCUT2D eigenvalue weighted by atomic mass is 32.2. The number of likely N-dealkylation sites (tertiary alicyclic amines) is 1. The molecule has 0 radical (unpaired) electrons. The molecule has 134 valence electrons. The van der Waals surface area contributed by atoms with E-state index >= 15 is 0 Å². The zero-order chi connectivity index (χ0) is 17.6. The predicted molar refractivity (Wildman–Crippen MR) is 103 cm³/mol. The molecule has 0 unspecified atom stereocenters. The molecule has 1 aliphatic heterocycles. The topological polar surface area (TPSA) is 51.0 Å². The van der Waals surface area contributed by atoms with Gasteiger partial charge in [-0.05, 0) is 37.1 Å². The summed E-state index contributed by atoms with van der Waals surface area (Å²) in [5, 5.41) is 9.47. The Balaban J connectivity index is 1.45. The maximum Gasteiger partial charge on any atom is 0.232 e. The molecule has 0 atom stereocenters. The Labute approximate surface area is 157 Å². The van der Waals surface area contributed by atoms with E-state index in [9.17, 15) is 4.79 Å². The van der Waals surface area contributed by atoms with Crippen LogP contribution in [0.25, 0.3) is 0 Å². The molecule has 5 nitrogen and oxygen atoms in total. The van der Waals surface area contributed by atoms with Crippen molar-refractivity contribution in [2.24, 2.45) is 13.0 Å². The third-order valence-corrected chi connectivity index (χ3v) is 6.37. The Morgan fingerprint density at radius 1 is 1.20 bits per heavy atom. The minimum absolute atomic E-state index is 0.246. The number of rotatable bonds is 6. The lowest BCUT2D eigenvalue weighted by Crippen LogP contribution is -2.40. The van der Waals surface area contributed by atoms with Gasteiger partial charge in [0.1, 0.15) is 5.82 Å². The van der Waals surface area contributed by atoms with Crippen LogP contribution in [-0.4, -0.2) is 50.7 Å². The highest BCUT2D eigenvalue weighted by Crippen LogP contribution is 2.24. The van der Waals surface area contributed by atoms with Gasteiger partial charge in [0, 0.05) is 31.5 Å². The number of piperidine rings is 1. The van der Waals surface area contributed by atoms with E-state index in [1.165, 1.54) is 0 Å². The van der Waals surface area contributed by atoms with Crippen LogP contribution in [0.1, 0.15) is 18.7 Å². The molecular weight excluding hydrogens is 352 g/mol. The number of amides is 1. The lowest BCUT2D eigenvalue weighted by Gasteiger charge is -2.31. The van der Waals surface area contributed by atoms with E-state index in [2.05, 4.69) is 14.8 Å². The molecule has 7 heteroatoms. The molecule has 1 amide bonds. The average molecular weight is 377 g/mol. The Morgan fingerprint density at radius 2 is 1.92 bits per heavy atom. The quantitative estimate of drug-likeness (QED) is 0.725. The number of carbonyl (C=O) groups is 1. The van der Waals surface area contributed by atoms with E-state index in [1.54, 1.807) is 23.5 Å². The summed E-state index contributed by atoms with van der Waals surface area (Å²) >= 11 is 3.24. The molecule has 0 bridgehead atoms. The number of nitrogens with zero attached hydrogens (tertiary/aromatic N) is 4. The maximum absolute atomic E-state index is 12.4. The van der Waals surface area contributed by atoms with E-state index in [-0.39, 0.29) is 5.91 Å². The molecule has 2 heterocycles. The van der Waals surface area contributed by atoms with Crippen molar-refractivity contribution >= 4 is 29.4 Å². The third kappa shape index (κ3) is 4.79. The number of hydrogen-bond acceptors (Lipinski definition) is 5. The van der Waals surface area contributed by atoms with Gasteiger partial charge in [0.2, 0.25) is 5.91 Å². The van der Waals surface area contributed by atoms with Crippen molar-refractivity contribution in [3.63, 3.8) is 0 Å². The third-order valence-electron chi connectivity index (χ3n) is 4.65. The van der Waals surface area contributed by atoms with Crippen LogP contribution in [-0.2, 0) is 18.3 Å². The first-order valence-electron chi connectivity index (χ1n) is 8.55. The number of aromatic nitrogens is 3. The highest BCUT2D eigenvalue weighted by Gasteiger charge is 2.24. The van der Waals surface area contributed by atoms with Crippen molar-refractivity contribution < 1.29 is 4.79 Å². The van der Waals surface area contributed by atoms with Crippen molar-refractivity contribution in [2.45, 2.75) is 29.3 Å². The Morgan fingerprint density at radius 3 is 2.56 bits per heavy atom. The van der Waals surface area contributed by atoms with Gasteiger partial charge >= 0.3 is 0 Å². The summed E-state index contributed by atoms with van der Waals surface area (Å²) in [7, 11) is 2.03. The van der Waals surface area contributed by atoms with Gasteiger partial charge in [0.05, 0.1) is 5.75 Å². The van der Waals surface area contributed by atoms with E-state index in [1.807, 2.05) is 48.5 Å². The van der Waals surface area contributed by atoms with Gasteiger partial charge in [-0.15, -0.1) is 22.0 Å². The fourth-order valence-electron chi connectivity index (χ4n) is 3.10. The van der Waals surface area contributed by atoms with Crippen molar-refractivity contribution in [2.75, 3.05) is 25.1 Å². The van der Waals surface area contributed by atoms with E-state index in [4.69, 9.17) is 0 Å². The van der Waals surface area contributed by atoms with Crippen molar-refractivity contribution in [3.8, 4) is 0 Å². The maximum atomic E-state index is 12.4. The van der Waals surface area contributed by atoms with E-state index < -0.39 is 0 Å². The van der Waals surface area contributed by atoms with Gasteiger partial charge < -0.3 is 9.47 Å². The second kappa shape index (κ2) is 8.76. The van der Waals surface area contributed by atoms with Crippen molar-refractivity contribution in [3.05, 3.63) is 36.2 Å². The molecule has 0 saturated carbocycles. The summed E-state index contributed by atoms with van der Waals surface area (Å²) in [6.45, 7) is 1.71. The number of carbonyl (C=O) groups excluding carboxylic acids is 1. The monoisotopic (exact) mass is 376 g/mol. The largest absolute Gasteiger partial charge is 0.342 e. The van der Waals surface area contributed by atoms with Crippen LogP contribution < -0.4 is 0 Å². The zero-order valence-electron chi connectivity index (χ0n) is 14.7. The molecule has 2 aromatic rings. The SMILES string of the molecule is CSc1nnc(CC2CCN(C(=O)CSc3ccccc3)CC2)n1C. The first kappa shape index (κ1) is 18.3. The van der Waals surface area contributed by atoms with Crippen LogP contribution in [0.2, 0.25) is 0 Å². The fraction of sp³-hybridized carbons (Fsp3) is 0.500. The van der Waals surface area contributed by atoms with Gasteiger partial charge in [-0.3, -0.25) is 4.79 Å². The Kier molecular flexibility index (Phi) is 6.42. The minimum atomic E-state index is 0.246. The Bertz CT molecular complexity index is 696. The van der Waals surface area contributed by atoms with Crippen LogP contribution in [0, 0.1) is 5.92 Å². The van der Waals surface area contributed by atoms with Gasteiger partial charge in [-0.1, -0.05) is 30.0 Å². The standard InChI is InChI=1S/C18H24N4OS2/c1-21-16(19-20-18(21)24-2)12-14-8-10-22(11-9-14)17(23)13-25-15-6-4-3-5-7-15/h3-7,14H,8-13H2,1-2H3. The average Bonchev–Trinajstić information content (AvgIpc) is 3.01. The normalized spacial score (nSPS) is 15.5. The summed E-state index contributed by atoms with van der Waals surface area (Å²) in [4.78, 5) is 15.6. The summed E-state index contributed by atoms with van der Waals surface area (Å²) in [6.07, 6.45) is 5.06. The molecular formula is C18H24N4OS2. The van der Waals surface area contributed by atoms with Crippen LogP contribution in [0.15, 0.2) is 40.4 Å². The van der Waals surface area contributed by atoms with Crippen molar-refractivity contribution in [1.29, 1.82) is 0 Å². The number of thioether (sulfide) groups is 2. The van der Waals surface area contributed by atoms with E-state index in [0.717, 1.165) is 48.2 Å². The van der Waals surface area contributed by atoms with Crippen molar-refractivity contribution in [1.82, 2.24) is 19.7 Å². The smallest absolute Gasteiger partial charge is 0.232 e. The van der Waals surface area contributed by atoms with Gasteiger partial charge in [0.25, 0.3) is 0 Å². The molecule has 0 spiro atoms. The summed E-state index contributed by atoms with van der Waals surface area (Å²) in [6, 6.07) is 10.1. The molecule has 1 saturated heterocycles. The first-order chi connectivity index (χ1) is 12.2. The number of hydrogen-bond donors (Lipinski definition) is 0. The lowest BCUT2D eigenvalue weighted by atomic mass is 9.93. The molecule has 1 aromatic carbocycles. The predicted octanol–water partition coefficient (Wildman–Crippen LogP) is 3.11. The minimum Gasteiger partial charge on any atom is -0.342 e. The molecule has 25 heavy (non-hydrogen) atoms. The second-order valence-corrected chi connectivity index (χ2v) is 8.11. The second-order valence-electron chi connectivity index (χ2n) is 6.29. The lowest BCUT2D eigenvalue weighted by molar-refractivity contribution is -0.129. The molecule has 1 aliphatic rings.